The molecule has 6 heteroatoms. The van der Waals surface area contributed by atoms with Crippen molar-refractivity contribution in [1.29, 1.82) is 0 Å². The number of carbonyl (C=O) groups excluding carboxylic acids is 1. The number of urea groups is 1. The van der Waals surface area contributed by atoms with Crippen LogP contribution in [0.1, 0.15) is 30.6 Å². The van der Waals surface area contributed by atoms with Crippen LogP contribution < -0.4 is 5.32 Å². The molecular formula is C14H19BrN2O3. The fourth-order valence-electron chi connectivity index (χ4n) is 1.71. The Morgan fingerprint density at radius 2 is 2.10 bits per heavy atom. The van der Waals surface area contributed by atoms with Gasteiger partial charge in [0, 0.05) is 18.1 Å². The Balaban J connectivity index is 2.88. The normalized spacial score (nSPS) is 11.8. The molecular weight excluding hydrogens is 324 g/mol. The minimum absolute atomic E-state index is 0.0599. The third kappa shape index (κ3) is 4.23. The summed E-state index contributed by atoms with van der Waals surface area (Å²) in [4.78, 5) is 24.8. The molecule has 0 aliphatic carbocycles. The van der Waals surface area contributed by atoms with Crippen molar-refractivity contribution in [2.24, 2.45) is 5.92 Å². The number of para-hydroxylation sites is 1. The van der Waals surface area contributed by atoms with E-state index < -0.39 is 5.97 Å². The van der Waals surface area contributed by atoms with Gasteiger partial charge in [-0.2, -0.15) is 0 Å². The number of halogens is 1. The highest BCUT2D eigenvalue weighted by Gasteiger charge is 2.18. The van der Waals surface area contributed by atoms with Gasteiger partial charge in [0.15, 0.2) is 0 Å². The van der Waals surface area contributed by atoms with E-state index in [9.17, 15) is 9.59 Å². The van der Waals surface area contributed by atoms with Crippen molar-refractivity contribution in [3.63, 3.8) is 0 Å². The van der Waals surface area contributed by atoms with Crippen molar-refractivity contribution in [3.05, 3.63) is 28.2 Å². The molecule has 0 radical (unpaired) electrons. The molecule has 0 spiro atoms. The van der Waals surface area contributed by atoms with E-state index in [1.165, 1.54) is 6.07 Å². The summed E-state index contributed by atoms with van der Waals surface area (Å²) in [7, 11) is 1.69. The van der Waals surface area contributed by atoms with Gasteiger partial charge in [-0.25, -0.2) is 9.59 Å². The second-order valence-corrected chi connectivity index (χ2v) is 5.65. The second kappa shape index (κ2) is 7.28. The number of carbonyl (C=O) groups is 2. The van der Waals surface area contributed by atoms with Crippen molar-refractivity contribution in [2.75, 3.05) is 18.9 Å². The van der Waals surface area contributed by atoms with E-state index in [-0.39, 0.29) is 17.3 Å². The van der Waals surface area contributed by atoms with Gasteiger partial charge < -0.3 is 15.3 Å². The first kappa shape index (κ1) is 16.5. The first-order valence-corrected chi connectivity index (χ1v) is 7.20. The van der Waals surface area contributed by atoms with E-state index in [0.29, 0.717) is 16.9 Å². The van der Waals surface area contributed by atoms with Crippen molar-refractivity contribution < 1.29 is 14.7 Å². The lowest BCUT2D eigenvalue weighted by atomic mass is 10.1. The molecule has 0 saturated carbocycles. The minimum Gasteiger partial charge on any atom is -0.478 e. The van der Waals surface area contributed by atoms with Crippen LogP contribution >= 0.6 is 15.9 Å². The van der Waals surface area contributed by atoms with Crippen molar-refractivity contribution >= 4 is 33.6 Å². The monoisotopic (exact) mass is 342 g/mol. The predicted molar refractivity (Wildman–Crippen MR) is 82.2 cm³/mol. The third-order valence-corrected chi connectivity index (χ3v) is 3.77. The Kier molecular flexibility index (Phi) is 6.01. The van der Waals surface area contributed by atoms with Gasteiger partial charge in [0.1, 0.15) is 0 Å². The molecule has 0 fully saturated rings. The van der Waals surface area contributed by atoms with Gasteiger partial charge in [0.05, 0.1) is 11.3 Å². The summed E-state index contributed by atoms with van der Waals surface area (Å²) in [5.74, 6) is -0.685. The zero-order valence-electron chi connectivity index (χ0n) is 11.8. The Morgan fingerprint density at radius 1 is 1.45 bits per heavy atom. The van der Waals surface area contributed by atoms with E-state index in [2.05, 4.69) is 35.1 Å². The molecule has 1 aromatic carbocycles. The topological polar surface area (TPSA) is 69.6 Å². The van der Waals surface area contributed by atoms with Crippen LogP contribution in [0.3, 0.4) is 0 Å². The number of hydrogen-bond donors (Lipinski definition) is 2. The van der Waals surface area contributed by atoms with Gasteiger partial charge in [-0.05, 0) is 34.0 Å². The molecule has 1 aromatic rings. The maximum absolute atomic E-state index is 12.1. The highest BCUT2D eigenvalue weighted by atomic mass is 79.9. The average molecular weight is 343 g/mol. The molecule has 20 heavy (non-hydrogen) atoms. The standard InChI is InChI=1S/C14H19BrN2O3/c1-4-9(2)8-17(3)14(20)16-12-10(13(18)19)6-5-7-11(12)15/h5-7,9H,4,8H2,1-3H3,(H,16,20)(H,18,19). The van der Waals surface area contributed by atoms with Gasteiger partial charge in [0.2, 0.25) is 0 Å². The molecule has 0 aliphatic rings. The Hall–Kier alpha value is -1.56. The molecule has 0 aliphatic heterocycles. The summed E-state index contributed by atoms with van der Waals surface area (Å²) >= 11 is 3.26. The SMILES string of the molecule is CCC(C)CN(C)C(=O)Nc1c(Br)cccc1C(=O)O. The Labute approximate surface area is 127 Å². The van der Waals surface area contributed by atoms with Crippen LogP contribution in [-0.4, -0.2) is 35.6 Å². The molecule has 1 rings (SSSR count). The largest absolute Gasteiger partial charge is 0.478 e. The predicted octanol–water partition coefficient (Wildman–Crippen LogP) is 3.66. The van der Waals surface area contributed by atoms with Crippen molar-refractivity contribution in [3.8, 4) is 0 Å². The van der Waals surface area contributed by atoms with Crippen molar-refractivity contribution in [1.82, 2.24) is 4.90 Å². The third-order valence-electron chi connectivity index (χ3n) is 3.11. The smallest absolute Gasteiger partial charge is 0.337 e. The van der Waals surface area contributed by atoms with E-state index in [1.807, 2.05) is 0 Å². The number of carboxylic acid groups (broad SMARTS) is 1. The number of amides is 2. The number of aromatic carboxylic acids is 1. The zero-order chi connectivity index (χ0) is 15.3. The Morgan fingerprint density at radius 3 is 2.65 bits per heavy atom. The first-order valence-electron chi connectivity index (χ1n) is 6.40. The number of hydrogen-bond acceptors (Lipinski definition) is 2. The van der Waals surface area contributed by atoms with Gasteiger partial charge in [-0.3, -0.25) is 0 Å². The molecule has 0 bridgehead atoms. The maximum Gasteiger partial charge on any atom is 0.337 e. The van der Waals surface area contributed by atoms with Gasteiger partial charge in [-0.1, -0.05) is 26.3 Å². The summed E-state index contributed by atoms with van der Waals surface area (Å²) in [6.45, 7) is 4.74. The van der Waals surface area contributed by atoms with Crippen LogP contribution in [0.2, 0.25) is 0 Å². The summed E-state index contributed by atoms with van der Waals surface area (Å²) in [5, 5.41) is 11.8. The number of nitrogens with one attached hydrogen (secondary N) is 1. The highest BCUT2D eigenvalue weighted by molar-refractivity contribution is 9.10. The summed E-state index contributed by atoms with van der Waals surface area (Å²) in [6.07, 6.45) is 0.979. The van der Waals surface area contributed by atoms with Gasteiger partial charge in [0.25, 0.3) is 0 Å². The maximum atomic E-state index is 12.1. The lowest BCUT2D eigenvalue weighted by Gasteiger charge is -2.22. The van der Waals surface area contributed by atoms with Crippen LogP contribution in [0.15, 0.2) is 22.7 Å². The number of carboxylic acids is 1. The van der Waals surface area contributed by atoms with Crippen LogP contribution in [0.5, 0.6) is 0 Å². The van der Waals surface area contributed by atoms with E-state index in [1.54, 1.807) is 24.1 Å². The Bertz CT molecular complexity index is 505. The van der Waals surface area contributed by atoms with E-state index in [4.69, 9.17) is 5.11 Å². The molecule has 1 unspecified atom stereocenters. The van der Waals surface area contributed by atoms with Crippen LogP contribution in [0.4, 0.5) is 10.5 Å². The van der Waals surface area contributed by atoms with Crippen LogP contribution in [-0.2, 0) is 0 Å². The minimum atomic E-state index is -1.08. The molecule has 2 amide bonds. The molecule has 0 saturated heterocycles. The summed E-state index contributed by atoms with van der Waals surface area (Å²) < 4.78 is 0.544. The second-order valence-electron chi connectivity index (χ2n) is 4.79. The number of nitrogens with zero attached hydrogens (tertiary/aromatic N) is 1. The zero-order valence-corrected chi connectivity index (χ0v) is 13.4. The summed E-state index contributed by atoms with van der Waals surface area (Å²) in [5.41, 5.74) is 0.339. The number of benzene rings is 1. The first-order chi connectivity index (χ1) is 9.36. The fraction of sp³-hybridized carbons (Fsp3) is 0.429. The molecule has 2 N–H and O–H groups in total. The molecule has 0 aromatic heterocycles. The average Bonchev–Trinajstić information content (AvgIpc) is 2.40. The van der Waals surface area contributed by atoms with Crippen LogP contribution in [0, 0.1) is 5.92 Å². The quantitative estimate of drug-likeness (QED) is 0.857. The van der Waals surface area contributed by atoms with Crippen molar-refractivity contribution in [2.45, 2.75) is 20.3 Å². The molecule has 0 heterocycles. The molecule has 110 valence electrons. The van der Waals surface area contributed by atoms with E-state index in [0.717, 1.165) is 6.42 Å². The lowest BCUT2D eigenvalue weighted by molar-refractivity contribution is 0.0698. The summed E-state index contributed by atoms with van der Waals surface area (Å²) in [6, 6.07) is 4.44. The molecule has 1 atom stereocenters. The van der Waals surface area contributed by atoms with Crippen LogP contribution in [0.25, 0.3) is 0 Å². The fourth-order valence-corrected chi connectivity index (χ4v) is 2.18. The number of rotatable bonds is 5. The van der Waals surface area contributed by atoms with Gasteiger partial charge in [-0.15, -0.1) is 0 Å². The lowest BCUT2D eigenvalue weighted by Crippen LogP contribution is -2.35. The van der Waals surface area contributed by atoms with E-state index >= 15 is 0 Å². The number of anilines is 1. The van der Waals surface area contributed by atoms with Gasteiger partial charge >= 0.3 is 12.0 Å². The molecule has 5 nitrogen and oxygen atoms in total. The highest BCUT2D eigenvalue weighted by Crippen LogP contribution is 2.26.